The molecule has 1 unspecified atom stereocenters. The van der Waals surface area contributed by atoms with Crippen LogP contribution in [-0.2, 0) is 28.6 Å². The van der Waals surface area contributed by atoms with E-state index < -0.39 is 6.10 Å². The topological polar surface area (TPSA) is 78.9 Å². The molecular formula is C63H102O6. The van der Waals surface area contributed by atoms with Gasteiger partial charge in [-0.1, -0.05) is 226 Å². The highest BCUT2D eigenvalue weighted by atomic mass is 16.6. The number of carbonyl (C=O) groups is 3. The van der Waals surface area contributed by atoms with Gasteiger partial charge in [0.25, 0.3) is 0 Å². The Morgan fingerprint density at radius 2 is 0.594 bits per heavy atom. The van der Waals surface area contributed by atoms with Gasteiger partial charge >= 0.3 is 17.9 Å². The van der Waals surface area contributed by atoms with Crippen molar-refractivity contribution in [1.82, 2.24) is 0 Å². The SMILES string of the molecule is CC/C=C\C/C=C\C/C=C\C/C=C\C/C=C\C/C=C\CCC(=O)OCC(COC(=O)CCCCC/C=C\C/C=C\C/C=C\CC)OC(=O)CCCCCCCCCCC/C=C\CCCCCCCC. The Hall–Kier alpha value is -4.19. The van der Waals surface area contributed by atoms with E-state index in [-0.39, 0.29) is 37.5 Å². The maximum Gasteiger partial charge on any atom is 0.306 e. The predicted octanol–water partition coefficient (Wildman–Crippen LogP) is 18.9. The van der Waals surface area contributed by atoms with E-state index in [1.54, 1.807) is 0 Å². The summed E-state index contributed by atoms with van der Waals surface area (Å²) in [5.74, 6) is -1.04. The Kier molecular flexibility index (Phi) is 53.0. The van der Waals surface area contributed by atoms with Gasteiger partial charge < -0.3 is 14.2 Å². The molecule has 0 aromatic rings. The summed E-state index contributed by atoms with van der Waals surface area (Å²) in [6.45, 7) is 6.31. The number of hydrogen-bond donors (Lipinski definition) is 0. The molecule has 0 saturated carbocycles. The van der Waals surface area contributed by atoms with Crippen LogP contribution >= 0.6 is 0 Å². The smallest absolute Gasteiger partial charge is 0.306 e. The summed E-state index contributed by atoms with van der Waals surface area (Å²) in [4.78, 5) is 38.1. The molecule has 0 spiro atoms. The molecule has 0 aliphatic rings. The zero-order valence-electron chi connectivity index (χ0n) is 44.5. The van der Waals surface area contributed by atoms with Crippen molar-refractivity contribution in [3.8, 4) is 0 Å². The van der Waals surface area contributed by atoms with Crippen molar-refractivity contribution in [2.75, 3.05) is 13.2 Å². The predicted molar refractivity (Wildman–Crippen MR) is 297 cm³/mol. The van der Waals surface area contributed by atoms with E-state index in [0.29, 0.717) is 19.3 Å². The first-order valence-electron chi connectivity index (χ1n) is 28.0. The van der Waals surface area contributed by atoms with Gasteiger partial charge in [-0.15, -0.1) is 0 Å². The molecule has 6 nitrogen and oxygen atoms in total. The van der Waals surface area contributed by atoms with E-state index in [0.717, 1.165) is 103 Å². The zero-order valence-corrected chi connectivity index (χ0v) is 44.5. The van der Waals surface area contributed by atoms with Gasteiger partial charge in [0, 0.05) is 19.3 Å². The van der Waals surface area contributed by atoms with Gasteiger partial charge in [-0.05, 0) is 116 Å². The number of rotatable bonds is 49. The molecule has 0 radical (unpaired) electrons. The number of ether oxygens (including phenoxy) is 3. The molecule has 0 bridgehead atoms. The second kappa shape index (κ2) is 56.4. The summed E-state index contributed by atoms with van der Waals surface area (Å²) in [6.07, 6.45) is 77.7. The normalized spacial score (nSPS) is 13.0. The van der Waals surface area contributed by atoms with Crippen LogP contribution in [0.5, 0.6) is 0 Å². The van der Waals surface area contributed by atoms with Gasteiger partial charge in [-0.3, -0.25) is 14.4 Å². The molecule has 0 aliphatic heterocycles. The van der Waals surface area contributed by atoms with Crippen LogP contribution in [0.1, 0.15) is 239 Å². The molecule has 0 saturated heterocycles. The van der Waals surface area contributed by atoms with Crippen LogP contribution in [0.25, 0.3) is 0 Å². The minimum atomic E-state index is -0.825. The molecule has 0 aromatic carbocycles. The third kappa shape index (κ3) is 54.6. The third-order valence-corrected chi connectivity index (χ3v) is 11.4. The van der Waals surface area contributed by atoms with E-state index in [2.05, 4.69) is 130 Å². The zero-order chi connectivity index (χ0) is 50.0. The minimum Gasteiger partial charge on any atom is -0.462 e. The molecule has 0 amide bonds. The summed E-state index contributed by atoms with van der Waals surface area (Å²) in [5.41, 5.74) is 0. The average molecular weight is 956 g/mol. The van der Waals surface area contributed by atoms with Crippen molar-refractivity contribution < 1.29 is 28.6 Å². The van der Waals surface area contributed by atoms with E-state index in [1.807, 2.05) is 12.2 Å². The Balaban J connectivity index is 4.52. The maximum absolute atomic E-state index is 12.9. The van der Waals surface area contributed by atoms with Crippen molar-refractivity contribution in [3.05, 3.63) is 122 Å². The first-order valence-corrected chi connectivity index (χ1v) is 28.0. The second-order valence-corrected chi connectivity index (χ2v) is 18.1. The van der Waals surface area contributed by atoms with Crippen molar-refractivity contribution in [2.24, 2.45) is 0 Å². The number of allylic oxidation sites excluding steroid dienone is 20. The summed E-state index contributed by atoms with van der Waals surface area (Å²) in [5, 5.41) is 0. The van der Waals surface area contributed by atoms with Crippen molar-refractivity contribution in [2.45, 2.75) is 245 Å². The van der Waals surface area contributed by atoms with Crippen LogP contribution in [0.15, 0.2) is 122 Å². The van der Waals surface area contributed by atoms with Gasteiger partial charge in [0.05, 0.1) is 0 Å². The van der Waals surface area contributed by atoms with Crippen molar-refractivity contribution in [1.29, 1.82) is 0 Å². The van der Waals surface area contributed by atoms with Gasteiger partial charge in [-0.2, -0.15) is 0 Å². The molecule has 0 rings (SSSR count). The lowest BCUT2D eigenvalue weighted by Crippen LogP contribution is -2.30. The van der Waals surface area contributed by atoms with Crippen LogP contribution in [0.3, 0.4) is 0 Å². The Bertz CT molecular complexity index is 1470. The summed E-state index contributed by atoms with van der Waals surface area (Å²) in [7, 11) is 0. The van der Waals surface area contributed by atoms with Crippen LogP contribution in [-0.4, -0.2) is 37.2 Å². The lowest BCUT2D eigenvalue weighted by Gasteiger charge is -2.18. The van der Waals surface area contributed by atoms with Crippen LogP contribution in [0.4, 0.5) is 0 Å². The summed E-state index contributed by atoms with van der Waals surface area (Å²) < 4.78 is 16.7. The van der Waals surface area contributed by atoms with E-state index in [4.69, 9.17) is 14.2 Å². The largest absolute Gasteiger partial charge is 0.462 e. The molecule has 390 valence electrons. The van der Waals surface area contributed by atoms with E-state index in [9.17, 15) is 14.4 Å². The summed E-state index contributed by atoms with van der Waals surface area (Å²) >= 11 is 0. The molecular weight excluding hydrogens is 853 g/mol. The molecule has 69 heavy (non-hydrogen) atoms. The van der Waals surface area contributed by atoms with Gasteiger partial charge in [0.15, 0.2) is 6.10 Å². The van der Waals surface area contributed by atoms with Gasteiger partial charge in [0.2, 0.25) is 0 Å². The van der Waals surface area contributed by atoms with Gasteiger partial charge in [0.1, 0.15) is 13.2 Å². The van der Waals surface area contributed by atoms with Crippen molar-refractivity contribution in [3.63, 3.8) is 0 Å². The second-order valence-electron chi connectivity index (χ2n) is 18.1. The molecule has 0 aromatic heterocycles. The Labute approximate surface area is 424 Å². The van der Waals surface area contributed by atoms with E-state index in [1.165, 1.54) is 89.9 Å². The number of carbonyl (C=O) groups excluding carboxylic acids is 3. The Morgan fingerprint density at radius 3 is 1.00 bits per heavy atom. The first kappa shape index (κ1) is 64.8. The van der Waals surface area contributed by atoms with E-state index >= 15 is 0 Å². The van der Waals surface area contributed by atoms with Crippen LogP contribution in [0.2, 0.25) is 0 Å². The lowest BCUT2D eigenvalue weighted by atomic mass is 10.1. The maximum atomic E-state index is 12.9. The highest BCUT2D eigenvalue weighted by Crippen LogP contribution is 2.14. The highest BCUT2D eigenvalue weighted by molar-refractivity contribution is 5.71. The fourth-order valence-electron chi connectivity index (χ4n) is 7.30. The molecule has 0 heterocycles. The number of hydrogen-bond acceptors (Lipinski definition) is 6. The fraction of sp³-hybridized carbons (Fsp3) is 0.635. The Morgan fingerprint density at radius 1 is 0.304 bits per heavy atom. The lowest BCUT2D eigenvalue weighted by molar-refractivity contribution is -0.166. The minimum absolute atomic E-state index is 0.120. The number of unbranched alkanes of at least 4 members (excludes halogenated alkanes) is 18. The molecule has 0 aliphatic carbocycles. The molecule has 6 heteroatoms. The monoisotopic (exact) mass is 955 g/mol. The first-order chi connectivity index (χ1) is 34.0. The quantitative estimate of drug-likeness (QED) is 0.0262. The average Bonchev–Trinajstić information content (AvgIpc) is 3.35. The molecule has 0 N–H and O–H groups in total. The van der Waals surface area contributed by atoms with Crippen LogP contribution < -0.4 is 0 Å². The van der Waals surface area contributed by atoms with Gasteiger partial charge in [-0.25, -0.2) is 0 Å². The number of esters is 3. The standard InChI is InChI=1S/C63H102O6/c1-4-7-10-13-16-19-22-25-27-29-31-33-35-38-41-44-47-50-53-56-62(65)68-59-60(58-67-61(64)55-52-49-46-43-40-37-24-21-18-15-12-9-6-3)69-63(66)57-54-51-48-45-42-39-36-34-32-30-28-26-23-20-17-14-11-8-5-2/h7,9-10,12,16,18-19,21,25-28,31,33,37-38,40-41,47,50,60H,4-6,8,11,13-15,17,20,22-24,29-30,32,34-36,39,42-46,48-49,51-59H2,1-3H3/b10-7-,12-9-,19-16-,21-18-,27-25-,28-26-,33-31-,40-37-,41-38-,50-47-. The summed E-state index contributed by atoms with van der Waals surface area (Å²) in [6, 6.07) is 0. The third-order valence-electron chi connectivity index (χ3n) is 11.4. The van der Waals surface area contributed by atoms with Crippen LogP contribution in [0, 0.1) is 0 Å². The fourth-order valence-corrected chi connectivity index (χ4v) is 7.30. The molecule has 1 atom stereocenters. The molecule has 0 fully saturated rings. The van der Waals surface area contributed by atoms with Crippen molar-refractivity contribution >= 4 is 17.9 Å². The highest BCUT2D eigenvalue weighted by Gasteiger charge is 2.19.